The van der Waals surface area contributed by atoms with Crippen LogP contribution in [0, 0.1) is 0 Å². The molecule has 30 heavy (non-hydrogen) atoms. The Bertz CT molecular complexity index is 990. The SMILES string of the molecule is CCn1cnnc1CCNC(=O)CC(NC(=O)c1ccccc1Cl)c1ccccc1. The number of nitrogens with one attached hydrogen (secondary N) is 2. The summed E-state index contributed by atoms with van der Waals surface area (Å²) in [5.41, 5.74) is 1.22. The van der Waals surface area contributed by atoms with Gasteiger partial charge in [-0.15, -0.1) is 10.2 Å². The van der Waals surface area contributed by atoms with Crippen LogP contribution in [0.1, 0.15) is 41.1 Å². The van der Waals surface area contributed by atoms with Crippen LogP contribution in [0.3, 0.4) is 0 Å². The maximum Gasteiger partial charge on any atom is 0.253 e. The number of hydrogen-bond donors (Lipinski definition) is 2. The van der Waals surface area contributed by atoms with Gasteiger partial charge in [-0.2, -0.15) is 0 Å². The number of carbonyl (C=O) groups is 2. The van der Waals surface area contributed by atoms with E-state index >= 15 is 0 Å². The van der Waals surface area contributed by atoms with Crippen LogP contribution < -0.4 is 10.6 Å². The molecular formula is C22H24ClN5O2. The number of nitrogens with zero attached hydrogens (tertiary/aromatic N) is 3. The van der Waals surface area contributed by atoms with E-state index in [2.05, 4.69) is 20.8 Å². The molecule has 0 radical (unpaired) electrons. The van der Waals surface area contributed by atoms with Gasteiger partial charge in [0.1, 0.15) is 12.2 Å². The minimum atomic E-state index is -0.478. The Morgan fingerprint density at radius 2 is 1.83 bits per heavy atom. The average molecular weight is 426 g/mol. The summed E-state index contributed by atoms with van der Waals surface area (Å²) in [6.07, 6.45) is 2.37. The lowest BCUT2D eigenvalue weighted by Crippen LogP contribution is -2.34. The van der Waals surface area contributed by atoms with Crippen molar-refractivity contribution < 1.29 is 9.59 Å². The van der Waals surface area contributed by atoms with Crippen molar-refractivity contribution in [3.8, 4) is 0 Å². The fraction of sp³-hybridized carbons (Fsp3) is 0.273. The Kier molecular flexibility index (Phi) is 7.57. The zero-order valence-corrected chi connectivity index (χ0v) is 17.5. The number of halogens is 1. The van der Waals surface area contributed by atoms with Crippen molar-refractivity contribution in [3.05, 3.63) is 82.9 Å². The van der Waals surface area contributed by atoms with E-state index in [0.29, 0.717) is 23.6 Å². The Morgan fingerprint density at radius 3 is 2.57 bits per heavy atom. The highest BCUT2D eigenvalue weighted by Crippen LogP contribution is 2.20. The van der Waals surface area contributed by atoms with Crippen LogP contribution in [0.25, 0.3) is 0 Å². The first kappa shape index (κ1) is 21.5. The monoisotopic (exact) mass is 425 g/mol. The zero-order chi connectivity index (χ0) is 21.3. The fourth-order valence-electron chi connectivity index (χ4n) is 3.13. The van der Waals surface area contributed by atoms with Crippen molar-refractivity contribution in [1.29, 1.82) is 0 Å². The average Bonchev–Trinajstić information content (AvgIpc) is 3.21. The summed E-state index contributed by atoms with van der Waals surface area (Å²) in [5, 5.41) is 14.2. The fourth-order valence-corrected chi connectivity index (χ4v) is 3.35. The zero-order valence-electron chi connectivity index (χ0n) is 16.7. The van der Waals surface area contributed by atoms with E-state index in [1.165, 1.54) is 0 Å². The Labute approximate surface area is 180 Å². The van der Waals surface area contributed by atoms with E-state index < -0.39 is 6.04 Å². The third-order valence-electron chi connectivity index (χ3n) is 4.72. The van der Waals surface area contributed by atoms with Crippen molar-refractivity contribution in [2.24, 2.45) is 0 Å². The molecule has 2 amide bonds. The molecule has 1 aromatic heterocycles. The quantitative estimate of drug-likeness (QED) is 0.551. The van der Waals surface area contributed by atoms with Crippen LogP contribution in [0.15, 0.2) is 60.9 Å². The van der Waals surface area contributed by atoms with Crippen LogP contribution in [-0.4, -0.2) is 33.1 Å². The minimum Gasteiger partial charge on any atom is -0.356 e. The number of hydrogen-bond acceptors (Lipinski definition) is 4. The van der Waals surface area contributed by atoms with Crippen LogP contribution in [0.5, 0.6) is 0 Å². The molecule has 1 atom stereocenters. The summed E-state index contributed by atoms with van der Waals surface area (Å²) in [6, 6.07) is 15.8. The van der Waals surface area contributed by atoms with Crippen molar-refractivity contribution in [2.45, 2.75) is 32.4 Å². The molecule has 3 rings (SSSR count). The van der Waals surface area contributed by atoms with Gasteiger partial charge in [0.25, 0.3) is 5.91 Å². The van der Waals surface area contributed by atoms with Crippen LogP contribution in [0.4, 0.5) is 0 Å². The molecule has 0 bridgehead atoms. The molecule has 2 aromatic carbocycles. The van der Waals surface area contributed by atoms with E-state index in [4.69, 9.17) is 11.6 Å². The summed E-state index contributed by atoms with van der Waals surface area (Å²) in [4.78, 5) is 25.3. The topological polar surface area (TPSA) is 88.9 Å². The van der Waals surface area contributed by atoms with Crippen molar-refractivity contribution in [1.82, 2.24) is 25.4 Å². The molecule has 0 aliphatic carbocycles. The van der Waals surface area contributed by atoms with Gasteiger partial charge in [-0.3, -0.25) is 9.59 Å². The summed E-state index contributed by atoms with van der Waals surface area (Å²) in [7, 11) is 0. The Balaban J connectivity index is 1.63. The molecular weight excluding hydrogens is 402 g/mol. The highest BCUT2D eigenvalue weighted by atomic mass is 35.5. The van der Waals surface area contributed by atoms with Gasteiger partial charge < -0.3 is 15.2 Å². The van der Waals surface area contributed by atoms with Gasteiger partial charge in [-0.05, 0) is 24.6 Å². The molecule has 0 saturated heterocycles. The second-order valence-corrected chi connectivity index (χ2v) is 7.16. The summed E-state index contributed by atoms with van der Waals surface area (Å²) in [5.74, 6) is 0.341. The number of rotatable bonds is 9. The lowest BCUT2D eigenvalue weighted by Gasteiger charge is -2.19. The largest absolute Gasteiger partial charge is 0.356 e. The molecule has 8 heteroatoms. The standard InChI is InChI=1S/C22H24ClN5O2/c1-2-28-15-25-27-20(28)12-13-24-21(29)14-19(16-8-4-3-5-9-16)26-22(30)17-10-6-7-11-18(17)23/h3-11,15,19H,2,12-14H2,1H3,(H,24,29)(H,26,30). The number of aromatic nitrogens is 3. The Hall–Kier alpha value is -3.19. The van der Waals surface area contributed by atoms with E-state index in [0.717, 1.165) is 17.9 Å². The molecule has 156 valence electrons. The molecule has 7 nitrogen and oxygen atoms in total. The number of aryl methyl sites for hydroxylation is 1. The number of carbonyl (C=O) groups excluding carboxylic acids is 2. The number of benzene rings is 2. The lowest BCUT2D eigenvalue weighted by molar-refractivity contribution is -0.121. The van der Waals surface area contributed by atoms with Crippen molar-refractivity contribution in [2.75, 3.05) is 6.54 Å². The third-order valence-corrected chi connectivity index (χ3v) is 5.05. The first-order valence-corrected chi connectivity index (χ1v) is 10.2. The van der Waals surface area contributed by atoms with E-state index in [1.54, 1.807) is 30.6 Å². The van der Waals surface area contributed by atoms with Gasteiger partial charge in [-0.25, -0.2) is 0 Å². The molecule has 0 aliphatic rings. The molecule has 0 spiro atoms. The van der Waals surface area contributed by atoms with E-state index in [9.17, 15) is 9.59 Å². The lowest BCUT2D eigenvalue weighted by atomic mass is 10.0. The Morgan fingerprint density at radius 1 is 1.10 bits per heavy atom. The predicted molar refractivity (Wildman–Crippen MR) is 115 cm³/mol. The number of amides is 2. The van der Waals surface area contributed by atoms with Gasteiger partial charge >= 0.3 is 0 Å². The van der Waals surface area contributed by atoms with E-state index in [1.807, 2.05) is 41.8 Å². The second-order valence-electron chi connectivity index (χ2n) is 6.75. The van der Waals surface area contributed by atoms with Crippen LogP contribution in [-0.2, 0) is 17.8 Å². The predicted octanol–water partition coefficient (Wildman–Crippen LogP) is 3.17. The molecule has 2 N–H and O–H groups in total. The summed E-state index contributed by atoms with van der Waals surface area (Å²) in [6.45, 7) is 3.23. The third kappa shape index (κ3) is 5.67. The van der Waals surface area contributed by atoms with Gasteiger partial charge in [0.15, 0.2) is 0 Å². The normalized spacial score (nSPS) is 11.7. The molecule has 0 saturated carbocycles. The highest BCUT2D eigenvalue weighted by Gasteiger charge is 2.20. The smallest absolute Gasteiger partial charge is 0.253 e. The van der Waals surface area contributed by atoms with E-state index in [-0.39, 0.29) is 18.2 Å². The minimum absolute atomic E-state index is 0.112. The first-order chi connectivity index (χ1) is 14.6. The maximum absolute atomic E-state index is 12.7. The second kappa shape index (κ2) is 10.5. The van der Waals surface area contributed by atoms with Gasteiger partial charge in [0.2, 0.25) is 5.91 Å². The molecule has 1 unspecified atom stereocenters. The summed E-state index contributed by atoms with van der Waals surface area (Å²) >= 11 is 6.14. The van der Waals surface area contributed by atoms with Gasteiger partial charge in [0.05, 0.1) is 23.0 Å². The van der Waals surface area contributed by atoms with Gasteiger partial charge in [-0.1, -0.05) is 54.1 Å². The van der Waals surface area contributed by atoms with Crippen molar-refractivity contribution in [3.63, 3.8) is 0 Å². The highest BCUT2D eigenvalue weighted by molar-refractivity contribution is 6.33. The first-order valence-electron chi connectivity index (χ1n) is 9.82. The molecule has 0 aliphatic heterocycles. The maximum atomic E-state index is 12.7. The van der Waals surface area contributed by atoms with Gasteiger partial charge in [0, 0.05) is 19.5 Å². The van der Waals surface area contributed by atoms with Crippen LogP contribution >= 0.6 is 11.6 Å². The molecule has 0 fully saturated rings. The molecule has 3 aromatic rings. The van der Waals surface area contributed by atoms with Crippen molar-refractivity contribution >= 4 is 23.4 Å². The summed E-state index contributed by atoms with van der Waals surface area (Å²) < 4.78 is 1.93. The molecule has 1 heterocycles. The van der Waals surface area contributed by atoms with Crippen LogP contribution in [0.2, 0.25) is 5.02 Å².